The van der Waals surface area contributed by atoms with Gasteiger partial charge in [-0.25, -0.2) is 0 Å². The van der Waals surface area contributed by atoms with E-state index in [2.05, 4.69) is 67.1 Å². The second-order valence-corrected chi connectivity index (χ2v) is 7.98. The van der Waals surface area contributed by atoms with Crippen LogP contribution in [0.1, 0.15) is 32.8 Å². The summed E-state index contributed by atoms with van der Waals surface area (Å²) < 4.78 is 1.14. The second kappa shape index (κ2) is 5.88. The van der Waals surface area contributed by atoms with Gasteiger partial charge >= 0.3 is 0 Å². The summed E-state index contributed by atoms with van der Waals surface area (Å²) in [6.45, 7) is 8.89. The second-order valence-electron chi connectivity index (χ2n) is 6.04. The predicted octanol–water partition coefficient (Wildman–Crippen LogP) is 5.08. The first-order valence-corrected chi connectivity index (χ1v) is 8.38. The molecule has 0 radical (unpaired) electrons. The molecular weight excluding hydrogens is 320 g/mol. The SMILES string of the molecule is Cc1cc(NC2=NC(C(C)(C)C)CCS2)ccc1Br. The van der Waals surface area contributed by atoms with Crippen molar-refractivity contribution >= 4 is 38.5 Å². The molecule has 19 heavy (non-hydrogen) atoms. The molecule has 0 aromatic heterocycles. The summed E-state index contributed by atoms with van der Waals surface area (Å²) in [5, 5.41) is 4.49. The van der Waals surface area contributed by atoms with Gasteiger partial charge in [-0.15, -0.1) is 0 Å². The average molecular weight is 341 g/mol. The highest BCUT2D eigenvalue weighted by Crippen LogP contribution is 2.31. The zero-order chi connectivity index (χ0) is 14.0. The molecule has 0 saturated heterocycles. The van der Waals surface area contributed by atoms with Gasteiger partial charge in [0.15, 0.2) is 5.17 Å². The van der Waals surface area contributed by atoms with Crippen molar-refractivity contribution in [1.29, 1.82) is 0 Å². The van der Waals surface area contributed by atoms with E-state index >= 15 is 0 Å². The molecule has 1 heterocycles. The van der Waals surface area contributed by atoms with Gasteiger partial charge in [-0.2, -0.15) is 0 Å². The Hall–Kier alpha value is -0.480. The van der Waals surface area contributed by atoms with Crippen LogP contribution in [-0.2, 0) is 0 Å². The van der Waals surface area contributed by atoms with Gasteiger partial charge in [0.2, 0.25) is 0 Å². The largest absolute Gasteiger partial charge is 0.335 e. The number of amidine groups is 1. The lowest BCUT2D eigenvalue weighted by Crippen LogP contribution is -2.30. The Morgan fingerprint density at radius 1 is 1.37 bits per heavy atom. The molecule has 0 aliphatic carbocycles. The number of anilines is 1. The number of halogens is 1. The summed E-state index contributed by atoms with van der Waals surface area (Å²) in [6.07, 6.45) is 1.17. The Morgan fingerprint density at radius 3 is 2.74 bits per heavy atom. The van der Waals surface area contributed by atoms with Gasteiger partial charge in [-0.1, -0.05) is 48.5 Å². The standard InChI is InChI=1S/C15H21BrN2S/c1-10-9-11(5-6-12(10)16)17-14-18-13(7-8-19-14)15(2,3)4/h5-6,9,13H,7-8H2,1-4H3,(H,17,18). The molecule has 1 atom stereocenters. The Labute approximate surface area is 128 Å². The van der Waals surface area contributed by atoms with Crippen molar-refractivity contribution < 1.29 is 0 Å². The molecule has 0 bridgehead atoms. The van der Waals surface area contributed by atoms with E-state index in [1.54, 1.807) is 0 Å². The van der Waals surface area contributed by atoms with Crippen LogP contribution in [0.25, 0.3) is 0 Å². The fourth-order valence-corrected chi connectivity index (χ4v) is 3.22. The van der Waals surface area contributed by atoms with Crippen LogP contribution in [0.5, 0.6) is 0 Å². The molecule has 1 unspecified atom stereocenters. The minimum atomic E-state index is 0.240. The number of nitrogens with one attached hydrogen (secondary N) is 1. The van der Waals surface area contributed by atoms with Crippen molar-refractivity contribution in [3.63, 3.8) is 0 Å². The Morgan fingerprint density at radius 2 is 2.11 bits per heavy atom. The molecule has 1 aromatic carbocycles. The fraction of sp³-hybridized carbons (Fsp3) is 0.533. The topological polar surface area (TPSA) is 24.4 Å². The zero-order valence-electron chi connectivity index (χ0n) is 12.0. The van der Waals surface area contributed by atoms with E-state index in [-0.39, 0.29) is 5.41 Å². The maximum Gasteiger partial charge on any atom is 0.161 e. The monoisotopic (exact) mass is 340 g/mol. The molecule has 4 heteroatoms. The number of aryl methyl sites for hydroxylation is 1. The fourth-order valence-electron chi connectivity index (χ4n) is 2.05. The highest BCUT2D eigenvalue weighted by Gasteiger charge is 2.27. The predicted molar refractivity (Wildman–Crippen MR) is 90.3 cm³/mol. The van der Waals surface area contributed by atoms with Crippen LogP contribution in [0, 0.1) is 12.3 Å². The highest BCUT2D eigenvalue weighted by atomic mass is 79.9. The molecule has 0 amide bonds. The van der Waals surface area contributed by atoms with E-state index in [1.165, 1.54) is 12.0 Å². The lowest BCUT2D eigenvalue weighted by atomic mass is 9.85. The summed E-state index contributed by atoms with van der Waals surface area (Å²) in [4.78, 5) is 4.86. The van der Waals surface area contributed by atoms with E-state index in [0.29, 0.717) is 6.04 Å². The third kappa shape index (κ3) is 3.99. The third-order valence-electron chi connectivity index (χ3n) is 3.31. The van der Waals surface area contributed by atoms with Gasteiger partial charge in [0.1, 0.15) is 0 Å². The number of hydrogen-bond donors (Lipinski definition) is 1. The van der Waals surface area contributed by atoms with Crippen LogP contribution < -0.4 is 5.32 Å². The Kier molecular flexibility index (Phi) is 4.62. The quantitative estimate of drug-likeness (QED) is 0.771. The van der Waals surface area contributed by atoms with Crippen molar-refractivity contribution in [2.75, 3.05) is 11.1 Å². The molecular formula is C15H21BrN2S. The molecule has 1 N–H and O–H groups in total. The van der Waals surface area contributed by atoms with Crippen LogP contribution in [-0.4, -0.2) is 17.0 Å². The summed E-state index contributed by atoms with van der Waals surface area (Å²) >= 11 is 5.34. The number of aliphatic imine (C=N–C) groups is 1. The molecule has 2 nitrogen and oxygen atoms in total. The summed E-state index contributed by atoms with van der Waals surface area (Å²) in [5.74, 6) is 1.14. The zero-order valence-corrected chi connectivity index (χ0v) is 14.4. The van der Waals surface area contributed by atoms with Gasteiger partial charge in [0, 0.05) is 15.9 Å². The van der Waals surface area contributed by atoms with Crippen LogP contribution in [0.3, 0.4) is 0 Å². The van der Waals surface area contributed by atoms with Gasteiger partial charge in [0.25, 0.3) is 0 Å². The van der Waals surface area contributed by atoms with Crippen molar-refractivity contribution in [2.24, 2.45) is 10.4 Å². The molecule has 1 aliphatic heterocycles. The lowest BCUT2D eigenvalue weighted by molar-refractivity contribution is 0.316. The minimum absolute atomic E-state index is 0.240. The molecule has 0 spiro atoms. The molecule has 0 saturated carbocycles. The van der Waals surface area contributed by atoms with E-state index < -0.39 is 0 Å². The van der Waals surface area contributed by atoms with Gasteiger partial charge < -0.3 is 5.32 Å². The first-order chi connectivity index (χ1) is 8.86. The van der Waals surface area contributed by atoms with Crippen LogP contribution in [0.2, 0.25) is 0 Å². The maximum absolute atomic E-state index is 4.86. The first-order valence-electron chi connectivity index (χ1n) is 6.60. The first kappa shape index (κ1) is 14.9. The lowest BCUT2D eigenvalue weighted by Gasteiger charge is -2.31. The Balaban J connectivity index is 2.14. The van der Waals surface area contributed by atoms with Crippen LogP contribution in [0.4, 0.5) is 5.69 Å². The number of nitrogens with zero attached hydrogens (tertiary/aromatic N) is 1. The summed E-state index contributed by atoms with van der Waals surface area (Å²) in [7, 11) is 0. The minimum Gasteiger partial charge on any atom is -0.335 e. The van der Waals surface area contributed by atoms with Gasteiger partial charge in [-0.05, 0) is 42.5 Å². The van der Waals surface area contributed by atoms with Crippen molar-refractivity contribution in [3.05, 3.63) is 28.2 Å². The third-order valence-corrected chi connectivity index (χ3v) is 5.12. The van der Waals surface area contributed by atoms with Crippen LogP contribution in [0.15, 0.2) is 27.7 Å². The summed E-state index contributed by atoms with van der Waals surface area (Å²) in [5.41, 5.74) is 2.59. The van der Waals surface area contributed by atoms with E-state index in [1.807, 2.05) is 11.8 Å². The number of benzene rings is 1. The van der Waals surface area contributed by atoms with Gasteiger partial charge in [-0.3, -0.25) is 4.99 Å². The average Bonchev–Trinajstić information content (AvgIpc) is 2.33. The van der Waals surface area contributed by atoms with E-state index in [4.69, 9.17) is 4.99 Å². The van der Waals surface area contributed by atoms with Crippen molar-refractivity contribution in [3.8, 4) is 0 Å². The van der Waals surface area contributed by atoms with Crippen molar-refractivity contribution in [2.45, 2.75) is 40.2 Å². The van der Waals surface area contributed by atoms with E-state index in [0.717, 1.165) is 21.1 Å². The molecule has 1 aliphatic rings. The molecule has 104 valence electrons. The number of hydrogen-bond acceptors (Lipinski definition) is 3. The number of rotatable bonds is 1. The van der Waals surface area contributed by atoms with E-state index in [9.17, 15) is 0 Å². The number of thioether (sulfide) groups is 1. The van der Waals surface area contributed by atoms with Crippen molar-refractivity contribution in [1.82, 2.24) is 0 Å². The highest BCUT2D eigenvalue weighted by molar-refractivity contribution is 9.10. The normalized spacial score (nSPS) is 20.1. The Bertz CT molecular complexity index is 491. The van der Waals surface area contributed by atoms with Crippen LogP contribution >= 0.6 is 27.7 Å². The molecule has 0 fully saturated rings. The molecule has 2 rings (SSSR count). The maximum atomic E-state index is 4.86. The summed E-state index contributed by atoms with van der Waals surface area (Å²) in [6, 6.07) is 6.72. The van der Waals surface area contributed by atoms with Gasteiger partial charge in [0.05, 0.1) is 6.04 Å². The smallest absolute Gasteiger partial charge is 0.161 e. The molecule has 1 aromatic rings.